The summed E-state index contributed by atoms with van der Waals surface area (Å²) in [6.07, 6.45) is 3.10. The van der Waals surface area contributed by atoms with Crippen LogP contribution in [0.15, 0.2) is 24.3 Å². The summed E-state index contributed by atoms with van der Waals surface area (Å²) in [5.41, 5.74) is 0.192. The predicted octanol–water partition coefficient (Wildman–Crippen LogP) is 3.24. The zero-order chi connectivity index (χ0) is 14.6. The highest BCUT2D eigenvalue weighted by Gasteiger charge is 2.25. The lowest BCUT2D eigenvalue weighted by Crippen LogP contribution is -2.47. The van der Waals surface area contributed by atoms with E-state index in [1.807, 2.05) is 0 Å². The lowest BCUT2D eigenvalue weighted by Gasteiger charge is -2.33. The van der Waals surface area contributed by atoms with Gasteiger partial charge >= 0.3 is 0 Å². The van der Waals surface area contributed by atoms with Crippen LogP contribution in [-0.2, 0) is 4.79 Å². The highest BCUT2D eigenvalue weighted by atomic mass is 35.5. The number of hydrogen-bond donors (Lipinski definition) is 1. The van der Waals surface area contributed by atoms with E-state index in [0.717, 1.165) is 5.56 Å². The molecule has 0 saturated heterocycles. The van der Waals surface area contributed by atoms with E-state index >= 15 is 0 Å². The Morgan fingerprint density at radius 1 is 1.37 bits per heavy atom. The van der Waals surface area contributed by atoms with Crippen molar-refractivity contribution in [1.29, 1.82) is 0 Å². The fourth-order valence-electron chi connectivity index (χ4n) is 1.30. The Labute approximate surface area is 123 Å². The Morgan fingerprint density at radius 3 is 2.53 bits per heavy atom. The fourth-order valence-corrected chi connectivity index (χ4v) is 1.61. The van der Waals surface area contributed by atoms with Crippen molar-refractivity contribution in [3.63, 3.8) is 0 Å². The van der Waals surface area contributed by atoms with Gasteiger partial charge in [-0.15, -0.1) is 0 Å². The minimum atomic E-state index is -0.598. The molecule has 1 aromatic rings. The quantitative estimate of drug-likeness (QED) is 0.867. The van der Waals surface area contributed by atoms with Crippen LogP contribution in [0.4, 0.5) is 0 Å². The van der Waals surface area contributed by atoms with Crippen molar-refractivity contribution in [2.45, 2.75) is 19.4 Å². The zero-order valence-electron chi connectivity index (χ0n) is 11.2. The number of amides is 1. The summed E-state index contributed by atoms with van der Waals surface area (Å²) in [6, 6.07) is 5.13. The number of hydrogen-bond acceptors (Lipinski definition) is 2. The number of aliphatic hydroxyl groups excluding tert-OH is 1. The second-order valence-corrected chi connectivity index (χ2v) is 5.69. The Morgan fingerprint density at radius 2 is 2.00 bits per heavy atom. The van der Waals surface area contributed by atoms with Crippen LogP contribution in [0.2, 0.25) is 10.0 Å². The largest absolute Gasteiger partial charge is 0.394 e. The molecular formula is C14H17Cl2NO2. The van der Waals surface area contributed by atoms with Crippen LogP contribution >= 0.6 is 23.2 Å². The first-order valence-electron chi connectivity index (χ1n) is 5.80. The number of carbonyl (C=O) groups is 1. The molecule has 0 unspecified atom stereocenters. The molecule has 0 aliphatic rings. The van der Waals surface area contributed by atoms with Gasteiger partial charge in [0.15, 0.2) is 0 Å². The van der Waals surface area contributed by atoms with Gasteiger partial charge < -0.3 is 10.0 Å². The van der Waals surface area contributed by atoms with Gasteiger partial charge in [0.2, 0.25) is 5.91 Å². The lowest BCUT2D eigenvalue weighted by atomic mass is 10.1. The number of likely N-dealkylation sites (N-methyl/N-ethyl adjacent to an activating group) is 1. The molecule has 0 aromatic heterocycles. The molecule has 0 radical (unpaired) electrons. The average molecular weight is 302 g/mol. The minimum absolute atomic E-state index is 0.101. The number of carbonyl (C=O) groups excluding carboxylic acids is 1. The third-order valence-electron chi connectivity index (χ3n) is 2.99. The molecule has 0 atom stereocenters. The maximum absolute atomic E-state index is 11.9. The predicted molar refractivity (Wildman–Crippen MR) is 79.4 cm³/mol. The SMILES string of the molecule is CN(C(=O)/C=C/c1ccc(Cl)c(Cl)c1)C(C)(C)CO. The smallest absolute Gasteiger partial charge is 0.246 e. The van der Waals surface area contributed by atoms with Crippen LogP contribution in [0, 0.1) is 0 Å². The first-order chi connectivity index (χ1) is 8.77. The van der Waals surface area contributed by atoms with E-state index in [9.17, 15) is 9.90 Å². The van der Waals surface area contributed by atoms with Crippen molar-refractivity contribution in [2.75, 3.05) is 13.7 Å². The van der Waals surface area contributed by atoms with Crippen molar-refractivity contribution in [3.05, 3.63) is 39.9 Å². The second-order valence-electron chi connectivity index (χ2n) is 4.87. The molecule has 1 aromatic carbocycles. The molecule has 0 aliphatic carbocycles. The zero-order valence-corrected chi connectivity index (χ0v) is 12.7. The highest BCUT2D eigenvalue weighted by Crippen LogP contribution is 2.23. The van der Waals surface area contributed by atoms with Gasteiger partial charge in [-0.05, 0) is 37.6 Å². The summed E-state index contributed by atoms with van der Waals surface area (Å²) in [4.78, 5) is 13.4. The third kappa shape index (κ3) is 4.23. The normalized spacial score (nSPS) is 11.9. The van der Waals surface area contributed by atoms with Gasteiger partial charge in [0, 0.05) is 13.1 Å². The maximum Gasteiger partial charge on any atom is 0.246 e. The van der Waals surface area contributed by atoms with Crippen LogP contribution < -0.4 is 0 Å². The molecule has 0 aliphatic heterocycles. The molecule has 0 bridgehead atoms. The first kappa shape index (κ1) is 16.0. The molecule has 19 heavy (non-hydrogen) atoms. The van der Waals surface area contributed by atoms with Crippen LogP contribution in [-0.4, -0.2) is 35.1 Å². The number of aliphatic hydroxyl groups is 1. The monoisotopic (exact) mass is 301 g/mol. The van der Waals surface area contributed by atoms with Crippen molar-refractivity contribution in [1.82, 2.24) is 4.90 Å². The average Bonchev–Trinajstić information content (AvgIpc) is 2.38. The van der Waals surface area contributed by atoms with E-state index in [4.69, 9.17) is 23.2 Å². The molecule has 1 amide bonds. The van der Waals surface area contributed by atoms with E-state index in [1.165, 1.54) is 11.0 Å². The molecule has 0 fully saturated rings. The molecule has 0 heterocycles. The Bertz CT molecular complexity index is 498. The van der Waals surface area contributed by atoms with Gasteiger partial charge in [0.1, 0.15) is 0 Å². The Balaban J connectivity index is 2.81. The molecule has 5 heteroatoms. The van der Waals surface area contributed by atoms with Gasteiger partial charge in [-0.25, -0.2) is 0 Å². The summed E-state index contributed by atoms with van der Waals surface area (Å²) in [6.45, 7) is 3.48. The van der Waals surface area contributed by atoms with Crippen LogP contribution in [0.5, 0.6) is 0 Å². The Hall–Kier alpha value is -1.03. The third-order valence-corrected chi connectivity index (χ3v) is 3.73. The van der Waals surface area contributed by atoms with Crippen molar-refractivity contribution in [3.8, 4) is 0 Å². The van der Waals surface area contributed by atoms with E-state index in [1.54, 1.807) is 45.2 Å². The summed E-state index contributed by atoms with van der Waals surface area (Å²) < 4.78 is 0. The van der Waals surface area contributed by atoms with Crippen LogP contribution in [0.25, 0.3) is 6.08 Å². The Kier molecular flexibility index (Phi) is 5.41. The molecule has 1 rings (SSSR count). The molecule has 3 nitrogen and oxygen atoms in total. The molecule has 0 spiro atoms. The summed E-state index contributed by atoms with van der Waals surface area (Å²) >= 11 is 11.7. The number of nitrogens with zero attached hydrogens (tertiary/aromatic N) is 1. The molecule has 1 N–H and O–H groups in total. The summed E-state index contributed by atoms with van der Waals surface area (Å²) in [7, 11) is 1.65. The lowest BCUT2D eigenvalue weighted by molar-refractivity contribution is -0.130. The van der Waals surface area contributed by atoms with Crippen LogP contribution in [0.1, 0.15) is 19.4 Å². The number of benzene rings is 1. The number of rotatable bonds is 4. The van der Waals surface area contributed by atoms with Gasteiger partial charge in [-0.3, -0.25) is 4.79 Å². The van der Waals surface area contributed by atoms with Crippen molar-refractivity contribution in [2.24, 2.45) is 0 Å². The topological polar surface area (TPSA) is 40.5 Å². The van der Waals surface area contributed by atoms with Gasteiger partial charge in [0.25, 0.3) is 0 Å². The van der Waals surface area contributed by atoms with E-state index in [-0.39, 0.29) is 12.5 Å². The van der Waals surface area contributed by atoms with Gasteiger partial charge in [-0.1, -0.05) is 29.3 Å². The molecular weight excluding hydrogens is 285 g/mol. The van der Waals surface area contributed by atoms with Crippen LogP contribution in [0.3, 0.4) is 0 Å². The van der Waals surface area contributed by atoms with Crippen molar-refractivity contribution >= 4 is 35.2 Å². The molecule has 104 valence electrons. The fraction of sp³-hybridized carbons (Fsp3) is 0.357. The minimum Gasteiger partial charge on any atom is -0.394 e. The summed E-state index contributed by atoms with van der Waals surface area (Å²) in [5, 5.41) is 10.1. The second kappa shape index (κ2) is 6.42. The maximum atomic E-state index is 11.9. The number of halogens is 2. The summed E-state index contributed by atoms with van der Waals surface area (Å²) in [5.74, 6) is -0.190. The first-order valence-corrected chi connectivity index (χ1v) is 6.55. The van der Waals surface area contributed by atoms with E-state index < -0.39 is 5.54 Å². The van der Waals surface area contributed by atoms with Gasteiger partial charge in [-0.2, -0.15) is 0 Å². The van der Waals surface area contributed by atoms with E-state index in [0.29, 0.717) is 10.0 Å². The molecule has 0 saturated carbocycles. The van der Waals surface area contributed by atoms with Gasteiger partial charge in [0.05, 0.1) is 22.2 Å². The highest BCUT2D eigenvalue weighted by molar-refractivity contribution is 6.42. The van der Waals surface area contributed by atoms with Crippen molar-refractivity contribution < 1.29 is 9.90 Å². The standard InChI is InChI=1S/C14H17Cl2NO2/c1-14(2,9-18)17(3)13(19)7-5-10-4-6-11(15)12(16)8-10/h4-8,18H,9H2,1-3H3/b7-5+. The van der Waals surface area contributed by atoms with E-state index in [2.05, 4.69) is 0 Å².